The quantitative estimate of drug-likeness (QED) is 0.653. The molecule has 1 aliphatic rings. The van der Waals surface area contributed by atoms with Crippen LogP contribution in [0.3, 0.4) is 0 Å². The molecule has 1 aromatic heterocycles. The third kappa shape index (κ3) is 1.89. The van der Waals surface area contributed by atoms with Gasteiger partial charge in [-0.3, -0.25) is 0 Å². The number of aromatic nitrogens is 2. The fraction of sp³-hybridized carbons (Fsp3) is 0.667. The van der Waals surface area contributed by atoms with Crippen LogP contribution in [0, 0.1) is 6.92 Å². The van der Waals surface area contributed by atoms with E-state index in [0.717, 1.165) is 31.2 Å². The summed E-state index contributed by atoms with van der Waals surface area (Å²) in [5.41, 5.74) is 1.13. The summed E-state index contributed by atoms with van der Waals surface area (Å²) < 4.78 is 0. The summed E-state index contributed by atoms with van der Waals surface area (Å²) in [6.07, 6.45) is 1.88. The first kappa shape index (κ1) is 8.72. The zero-order valence-electron chi connectivity index (χ0n) is 8.17. The zero-order valence-corrected chi connectivity index (χ0v) is 8.17. The van der Waals surface area contributed by atoms with E-state index in [1.165, 1.54) is 0 Å². The molecule has 2 N–H and O–H groups in total. The Hall–Kier alpha value is -0.870. The molecule has 0 spiro atoms. The van der Waals surface area contributed by atoms with Gasteiger partial charge in [0, 0.05) is 31.5 Å². The summed E-state index contributed by atoms with van der Waals surface area (Å²) in [7, 11) is 2.14. The number of aromatic amines is 1. The number of nitrogens with zero attached hydrogens (tertiary/aromatic N) is 2. The summed E-state index contributed by atoms with van der Waals surface area (Å²) in [6.45, 7) is 5.23. The minimum Gasteiger partial charge on any atom is -0.345 e. The minimum absolute atomic E-state index is 0.368. The van der Waals surface area contributed by atoms with Gasteiger partial charge in [-0.25, -0.2) is 4.98 Å². The van der Waals surface area contributed by atoms with E-state index in [4.69, 9.17) is 0 Å². The number of piperazine rings is 1. The van der Waals surface area contributed by atoms with Crippen LogP contribution in [-0.4, -0.2) is 41.5 Å². The summed E-state index contributed by atoms with van der Waals surface area (Å²) >= 11 is 0. The number of hydrogen-bond donors (Lipinski definition) is 2. The van der Waals surface area contributed by atoms with Crippen molar-refractivity contribution in [3.8, 4) is 0 Å². The lowest BCUT2D eigenvalue weighted by atomic mass is 10.2. The highest BCUT2D eigenvalue weighted by Crippen LogP contribution is 2.12. The van der Waals surface area contributed by atoms with E-state index in [2.05, 4.69) is 27.2 Å². The fourth-order valence-corrected chi connectivity index (χ4v) is 1.69. The molecule has 13 heavy (non-hydrogen) atoms. The summed E-state index contributed by atoms with van der Waals surface area (Å²) in [5.74, 6) is 1.06. The van der Waals surface area contributed by atoms with Gasteiger partial charge in [0.05, 0.1) is 6.04 Å². The van der Waals surface area contributed by atoms with Crippen molar-refractivity contribution in [3.05, 3.63) is 17.7 Å². The average Bonchev–Trinajstić information content (AvgIpc) is 2.52. The van der Waals surface area contributed by atoms with Crippen LogP contribution >= 0.6 is 0 Å². The first-order valence-electron chi connectivity index (χ1n) is 4.69. The molecule has 72 valence electrons. The average molecular weight is 180 g/mol. The normalized spacial score (nSPS) is 24.9. The first-order chi connectivity index (χ1) is 6.25. The van der Waals surface area contributed by atoms with Gasteiger partial charge >= 0.3 is 0 Å². The van der Waals surface area contributed by atoms with Gasteiger partial charge in [-0.2, -0.15) is 0 Å². The molecule has 2 heterocycles. The smallest absolute Gasteiger partial charge is 0.124 e. The zero-order chi connectivity index (χ0) is 9.26. The third-order valence-electron chi connectivity index (χ3n) is 2.43. The SMILES string of the molecule is Cc1cnc(C2CN(C)CCN2)[nH]1. The molecule has 0 amide bonds. The van der Waals surface area contributed by atoms with Gasteiger partial charge in [0.15, 0.2) is 0 Å². The summed E-state index contributed by atoms with van der Waals surface area (Å²) in [5, 5.41) is 3.44. The van der Waals surface area contributed by atoms with E-state index in [0.29, 0.717) is 6.04 Å². The molecular weight excluding hydrogens is 164 g/mol. The van der Waals surface area contributed by atoms with Gasteiger partial charge in [-0.05, 0) is 14.0 Å². The molecule has 1 unspecified atom stereocenters. The van der Waals surface area contributed by atoms with Crippen LogP contribution in [0.1, 0.15) is 17.6 Å². The van der Waals surface area contributed by atoms with Gasteiger partial charge in [0.25, 0.3) is 0 Å². The monoisotopic (exact) mass is 180 g/mol. The Kier molecular flexibility index (Phi) is 2.33. The number of aryl methyl sites for hydroxylation is 1. The highest BCUT2D eigenvalue weighted by atomic mass is 15.2. The molecular formula is C9H16N4. The van der Waals surface area contributed by atoms with Crippen molar-refractivity contribution in [2.45, 2.75) is 13.0 Å². The Morgan fingerprint density at radius 3 is 3.08 bits per heavy atom. The van der Waals surface area contributed by atoms with Crippen LogP contribution in [0.15, 0.2) is 6.20 Å². The van der Waals surface area contributed by atoms with E-state index in [-0.39, 0.29) is 0 Å². The predicted molar refractivity (Wildman–Crippen MR) is 51.6 cm³/mol. The number of imidazole rings is 1. The summed E-state index contributed by atoms with van der Waals surface area (Å²) in [4.78, 5) is 9.91. The van der Waals surface area contributed by atoms with Gasteiger partial charge < -0.3 is 15.2 Å². The van der Waals surface area contributed by atoms with Crippen molar-refractivity contribution in [2.75, 3.05) is 26.7 Å². The lowest BCUT2D eigenvalue weighted by molar-refractivity contribution is 0.236. The molecule has 1 atom stereocenters. The molecule has 4 heteroatoms. The van der Waals surface area contributed by atoms with Crippen LogP contribution in [0.5, 0.6) is 0 Å². The standard InChI is InChI=1S/C9H16N4/c1-7-5-11-9(12-7)8-6-13(2)4-3-10-8/h5,8,10H,3-4,6H2,1-2H3,(H,11,12). The molecule has 1 saturated heterocycles. The molecule has 1 aliphatic heterocycles. The highest BCUT2D eigenvalue weighted by Gasteiger charge is 2.19. The van der Waals surface area contributed by atoms with E-state index in [1.54, 1.807) is 0 Å². The molecule has 0 saturated carbocycles. The van der Waals surface area contributed by atoms with Crippen molar-refractivity contribution in [2.24, 2.45) is 0 Å². The number of H-pyrrole nitrogens is 1. The first-order valence-corrected chi connectivity index (χ1v) is 4.69. The van der Waals surface area contributed by atoms with Crippen molar-refractivity contribution >= 4 is 0 Å². The molecule has 0 bridgehead atoms. The predicted octanol–water partition coefficient (Wildman–Crippen LogP) is 0.294. The largest absolute Gasteiger partial charge is 0.345 e. The van der Waals surface area contributed by atoms with Gasteiger partial charge in [-0.15, -0.1) is 0 Å². The maximum atomic E-state index is 4.33. The van der Waals surface area contributed by atoms with E-state index >= 15 is 0 Å². The maximum Gasteiger partial charge on any atom is 0.124 e. The molecule has 1 fully saturated rings. The molecule has 1 aromatic rings. The van der Waals surface area contributed by atoms with Crippen LogP contribution in [-0.2, 0) is 0 Å². The van der Waals surface area contributed by atoms with Crippen molar-refractivity contribution in [1.82, 2.24) is 20.2 Å². The molecule has 2 rings (SSSR count). The lowest BCUT2D eigenvalue weighted by Crippen LogP contribution is -2.44. The topological polar surface area (TPSA) is 44.0 Å². The maximum absolute atomic E-state index is 4.33. The second kappa shape index (κ2) is 3.47. The summed E-state index contributed by atoms with van der Waals surface area (Å²) in [6, 6.07) is 0.368. The second-order valence-electron chi connectivity index (χ2n) is 3.72. The van der Waals surface area contributed by atoms with Crippen molar-refractivity contribution in [1.29, 1.82) is 0 Å². The number of nitrogens with one attached hydrogen (secondary N) is 2. The van der Waals surface area contributed by atoms with Crippen LogP contribution < -0.4 is 5.32 Å². The van der Waals surface area contributed by atoms with E-state index in [1.807, 2.05) is 13.1 Å². The molecule has 4 nitrogen and oxygen atoms in total. The number of likely N-dealkylation sites (N-methyl/N-ethyl adjacent to an activating group) is 1. The Morgan fingerprint density at radius 1 is 1.62 bits per heavy atom. The Labute approximate surface area is 78.4 Å². The fourth-order valence-electron chi connectivity index (χ4n) is 1.69. The van der Waals surface area contributed by atoms with Gasteiger partial charge in [-0.1, -0.05) is 0 Å². The van der Waals surface area contributed by atoms with Crippen LogP contribution in [0.2, 0.25) is 0 Å². The lowest BCUT2D eigenvalue weighted by Gasteiger charge is -2.29. The molecule has 0 aliphatic carbocycles. The highest BCUT2D eigenvalue weighted by molar-refractivity contribution is 5.04. The second-order valence-corrected chi connectivity index (χ2v) is 3.72. The van der Waals surface area contributed by atoms with Gasteiger partial charge in [0.2, 0.25) is 0 Å². The van der Waals surface area contributed by atoms with E-state index < -0.39 is 0 Å². The van der Waals surface area contributed by atoms with Gasteiger partial charge in [0.1, 0.15) is 5.82 Å². The van der Waals surface area contributed by atoms with Crippen LogP contribution in [0.4, 0.5) is 0 Å². The molecule has 0 radical (unpaired) electrons. The third-order valence-corrected chi connectivity index (χ3v) is 2.43. The van der Waals surface area contributed by atoms with Crippen molar-refractivity contribution in [3.63, 3.8) is 0 Å². The molecule has 0 aromatic carbocycles. The minimum atomic E-state index is 0.368. The number of hydrogen-bond acceptors (Lipinski definition) is 3. The van der Waals surface area contributed by atoms with E-state index in [9.17, 15) is 0 Å². The Morgan fingerprint density at radius 2 is 2.46 bits per heavy atom. The Balaban J connectivity index is 2.08. The Bertz CT molecular complexity index is 281. The van der Waals surface area contributed by atoms with Crippen molar-refractivity contribution < 1.29 is 0 Å². The van der Waals surface area contributed by atoms with Crippen LogP contribution in [0.25, 0.3) is 0 Å². The number of rotatable bonds is 1.